The van der Waals surface area contributed by atoms with E-state index in [1.807, 2.05) is 36.4 Å². The average molecular weight is 324 g/mol. The van der Waals surface area contributed by atoms with E-state index in [-0.39, 0.29) is 12.2 Å². The Morgan fingerprint density at radius 1 is 1.08 bits per heavy atom. The zero-order chi connectivity index (χ0) is 16.5. The normalized spacial score (nSPS) is 21.2. The van der Waals surface area contributed by atoms with Crippen molar-refractivity contribution in [3.63, 3.8) is 0 Å². The van der Waals surface area contributed by atoms with Crippen molar-refractivity contribution in [2.45, 2.75) is 26.1 Å². The third kappa shape index (κ3) is 3.05. The fourth-order valence-electron chi connectivity index (χ4n) is 3.06. The quantitative estimate of drug-likeness (QED) is 0.794. The number of hydrogen-bond acceptors (Lipinski definition) is 6. The third-order valence-corrected chi connectivity index (χ3v) is 4.04. The monoisotopic (exact) mass is 324 g/mol. The van der Waals surface area contributed by atoms with Crippen molar-refractivity contribution in [2.75, 3.05) is 23.3 Å². The van der Waals surface area contributed by atoms with Gasteiger partial charge < -0.3 is 19.4 Å². The molecule has 2 aromatic heterocycles. The highest BCUT2D eigenvalue weighted by atomic mass is 16.5. The molecule has 24 heavy (non-hydrogen) atoms. The second-order valence-electron chi connectivity index (χ2n) is 6.18. The van der Waals surface area contributed by atoms with Crippen LogP contribution >= 0.6 is 0 Å². The van der Waals surface area contributed by atoms with Crippen LogP contribution in [-0.4, -0.2) is 35.3 Å². The van der Waals surface area contributed by atoms with Gasteiger partial charge in [-0.3, -0.25) is 0 Å². The SMILES string of the molecule is C[C@@H]1CN(c2ccc(Nc3nc4ccccc4o3)cn2)C[C@H](C)O1. The van der Waals surface area contributed by atoms with Crippen LogP contribution in [0.4, 0.5) is 17.5 Å². The van der Waals surface area contributed by atoms with Gasteiger partial charge in [0.25, 0.3) is 6.01 Å². The molecule has 3 heterocycles. The molecule has 1 saturated heterocycles. The number of hydrogen-bond donors (Lipinski definition) is 1. The first-order valence-electron chi connectivity index (χ1n) is 8.16. The zero-order valence-corrected chi connectivity index (χ0v) is 13.8. The molecule has 1 aliphatic rings. The maximum Gasteiger partial charge on any atom is 0.300 e. The Hall–Kier alpha value is -2.60. The van der Waals surface area contributed by atoms with Crippen LogP contribution in [0.1, 0.15) is 13.8 Å². The Balaban J connectivity index is 1.49. The summed E-state index contributed by atoms with van der Waals surface area (Å²) in [6.07, 6.45) is 2.23. The molecule has 1 aromatic carbocycles. The van der Waals surface area contributed by atoms with E-state index in [4.69, 9.17) is 9.15 Å². The molecule has 4 rings (SSSR count). The Kier molecular flexibility index (Phi) is 3.82. The molecule has 0 bridgehead atoms. The number of fused-ring (bicyclic) bond motifs is 1. The number of rotatable bonds is 3. The summed E-state index contributed by atoms with van der Waals surface area (Å²) in [5.41, 5.74) is 2.45. The molecule has 0 aliphatic carbocycles. The standard InChI is InChI=1S/C18H20N4O2/c1-12-10-22(11-13(2)23-12)17-8-7-14(9-19-17)20-18-21-15-5-3-4-6-16(15)24-18/h3-9,12-13H,10-11H2,1-2H3,(H,20,21)/t12-,13+. The van der Waals surface area contributed by atoms with Crippen molar-refractivity contribution in [3.8, 4) is 0 Å². The fourth-order valence-corrected chi connectivity index (χ4v) is 3.06. The number of anilines is 3. The number of pyridine rings is 1. The van der Waals surface area contributed by atoms with Gasteiger partial charge in [0.05, 0.1) is 24.1 Å². The molecule has 6 nitrogen and oxygen atoms in total. The van der Waals surface area contributed by atoms with E-state index in [1.54, 1.807) is 6.20 Å². The van der Waals surface area contributed by atoms with Crippen molar-refractivity contribution in [2.24, 2.45) is 0 Å². The predicted molar refractivity (Wildman–Crippen MR) is 93.8 cm³/mol. The number of aromatic nitrogens is 2. The zero-order valence-electron chi connectivity index (χ0n) is 13.8. The predicted octanol–water partition coefficient (Wildman–Crippen LogP) is 3.58. The van der Waals surface area contributed by atoms with Crippen molar-refractivity contribution in [3.05, 3.63) is 42.6 Å². The second kappa shape index (κ2) is 6.13. The highest BCUT2D eigenvalue weighted by Gasteiger charge is 2.23. The van der Waals surface area contributed by atoms with E-state index in [9.17, 15) is 0 Å². The van der Waals surface area contributed by atoms with Gasteiger partial charge in [0.15, 0.2) is 5.58 Å². The lowest BCUT2D eigenvalue weighted by Gasteiger charge is -2.36. The van der Waals surface area contributed by atoms with E-state index < -0.39 is 0 Å². The van der Waals surface area contributed by atoms with Gasteiger partial charge in [-0.15, -0.1) is 0 Å². The van der Waals surface area contributed by atoms with Crippen molar-refractivity contribution < 1.29 is 9.15 Å². The van der Waals surface area contributed by atoms with Gasteiger partial charge in [-0.25, -0.2) is 4.98 Å². The summed E-state index contributed by atoms with van der Waals surface area (Å²) in [6.45, 7) is 5.89. The molecule has 1 aliphatic heterocycles. The van der Waals surface area contributed by atoms with Crippen molar-refractivity contribution in [1.29, 1.82) is 0 Å². The molecule has 0 saturated carbocycles. The topological polar surface area (TPSA) is 63.4 Å². The van der Waals surface area contributed by atoms with Gasteiger partial charge in [-0.05, 0) is 38.1 Å². The molecular weight excluding hydrogens is 304 g/mol. The fraction of sp³-hybridized carbons (Fsp3) is 0.333. The third-order valence-electron chi connectivity index (χ3n) is 4.04. The molecule has 3 aromatic rings. The van der Waals surface area contributed by atoms with Gasteiger partial charge >= 0.3 is 0 Å². The van der Waals surface area contributed by atoms with Gasteiger partial charge in [0, 0.05) is 13.1 Å². The van der Waals surface area contributed by atoms with Crippen LogP contribution in [0.2, 0.25) is 0 Å². The van der Waals surface area contributed by atoms with Gasteiger partial charge in [-0.1, -0.05) is 12.1 Å². The van der Waals surface area contributed by atoms with E-state index in [2.05, 4.69) is 34.0 Å². The highest BCUT2D eigenvalue weighted by molar-refractivity contribution is 5.75. The van der Waals surface area contributed by atoms with E-state index in [0.717, 1.165) is 35.7 Å². The van der Waals surface area contributed by atoms with E-state index >= 15 is 0 Å². The molecule has 0 unspecified atom stereocenters. The molecule has 6 heteroatoms. The lowest BCUT2D eigenvalue weighted by atomic mass is 10.2. The minimum absolute atomic E-state index is 0.216. The minimum Gasteiger partial charge on any atom is -0.423 e. The second-order valence-corrected chi connectivity index (χ2v) is 6.18. The molecule has 0 amide bonds. The highest BCUT2D eigenvalue weighted by Crippen LogP contribution is 2.23. The van der Waals surface area contributed by atoms with Gasteiger partial charge in [-0.2, -0.15) is 4.98 Å². The lowest BCUT2D eigenvalue weighted by molar-refractivity contribution is -0.00545. The maximum atomic E-state index is 5.77. The summed E-state index contributed by atoms with van der Waals surface area (Å²) in [7, 11) is 0. The van der Waals surface area contributed by atoms with Crippen LogP contribution in [0.15, 0.2) is 47.0 Å². The van der Waals surface area contributed by atoms with E-state index in [0.29, 0.717) is 6.01 Å². The molecule has 124 valence electrons. The summed E-state index contributed by atoms with van der Waals surface area (Å²) >= 11 is 0. The Morgan fingerprint density at radius 3 is 2.58 bits per heavy atom. The maximum absolute atomic E-state index is 5.77. The summed E-state index contributed by atoms with van der Waals surface area (Å²) in [6, 6.07) is 12.2. The first-order valence-corrected chi connectivity index (χ1v) is 8.16. The molecule has 2 atom stereocenters. The number of benzene rings is 1. The average Bonchev–Trinajstić information content (AvgIpc) is 2.97. The summed E-state index contributed by atoms with van der Waals surface area (Å²) in [4.78, 5) is 11.2. The van der Waals surface area contributed by atoms with Crippen LogP contribution < -0.4 is 10.2 Å². The summed E-state index contributed by atoms with van der Waals surface area (Å²) in [5, 5.41) is 3.16. The number of nitrogens with one attached hydrogen (secondary N) is 1. The number of para-hydroxylation sites is 2. The molecule has 0 spiro atoms. The number of oxazole rings is 1. The van der Waals surface area contributed by atoms with Crippen molar-refractivity contribution in [1.82, 2.24) is 9.97 Å². The van der Waals surface area contributed by atoms with Crippen LogP contribution in [0.25, 0.3) is 11.1 Å². The largest absolute Gasteiger partial charge is 0.423 e. The van der Waals surface area contributed by atoms with Crippen molar-refractivity contribution >= 4 is 28.6 Å². The van der Waals surface area contributed by atoms with Crippen LogP contribution in [-0.2, 0) is 4.74 Å². The van der Waals surface area contributed by atoms with E-state index in [1.165, 1.54) is 0 Å². The van der Waals surface area contributed by atoms with Gasteiger partial charge in [0.1, 0.15) is 11.3 Å². The summed E-state index contributed by atoms with van der Waals surface area (Å²) < 4.78 is 11.4. The molecule has 1 fully saturated rings. The van der Waals surface area contributed by atoms with Gasteiger partial charge in [0.2, 0.25) is 0 Å². The summed E-state index contributed by atoms with van der Waals surface area (Å²) in [5.74, 6) is 0.958. The molecule has 1 N–H and O–H groups in total. The van der Waals surface area contributed by atoms with Crippen LogP contribution in [0.5, 0.6) is 0 Å². The Bertz CT molecular complexity index is 787. The minimum atomic E-state index is 0.216. The Morgan fingerprint density at radius 2 is 1.88 bits per heavy atom. The molecular formula is C18H20N4O2. The Labute approximate surface area is 140 Å². The van der Waals surface area contributed by atoms with Crippen LogP contribution in [0, 0.1) is 0 Å². The van der Waals surface area contributed by atoms with Crippen LogP contribution in [0.3, 0.4) is 0 Å². The smallest absolute Gasteiger partial charge is 0.300 e. The lowest BCUT2D eigenvalue weighted by Crippen LogP contribution is -2.45. The first kappa shape index (κ1) is 15.0. The number of nitrogens with zero attached hydrogens (tertiary/aromatic N) is 3. The number of ether oxygens (including phenoxy) is 1. The first-order chi connectivity index (χ1) is 11.7. The molecule has 0 radical (unpaired) electrons. The number of morpholine rings is 1.